The predicted molar refractivity (Wildman–Crippen MR) is 54.0 cm³/mol. The molecule has 0 radical (unpaired) electrons. The van der Waals surface area contributed by atoms with Crippen molar-refractivity contribution in [1.29, 1.82) is 5.26 Å². The molecule has 0 N–H and O–H groups in total. The third-order valence-corrected chi connectivity index (χ3v) is 2.17. The molecule has 0 aliphatic heterocycles. The number of hydrogen-bond donors (Lipinski definition) is 0. The molecule has 4 nitrogen and oxygen atoms in total. The molecule has 0 fully saturated rings. The Morgan fingerprint density at radius 3 is 3.00 bits per heavy atom. The maximum Gasteiger partial charge on any atom is 0.241 e. The fourth-order valence-electron chi connectivity index (χ4n) is 1.15. The molecule has 0 aliphatic carbocycles. The van der Waals surface area contributed by atoms with Crippen molar-refractivity contribution in [2.75, 3.05) is 0 Å². The summed E-state index contributed by atoms with van der Waals surface area (Å²) in [5, 5.41) is 12.1. The standard InChI is InChI=1S/C10H5ClFN3O/c11-7-5-6(1-2-8(7)12)10-14-9(3-4-13)16-15-10/h1-2,5H,3H2. The van der Waals surface area contributed by atoms with E-state index in [2.05, 4.69) is 10.1 Å². The highest BCUT2D eigenvalue weighted by Crippen LogP contribution is 2.22. The molecule has 6 heteroatoms. The predicted octanol–water partition coefficient (Wildman–Crippen LogP) is 2.60. The summed E-state index contributed by atoms with van der Waals surface area (Å²) in [5.41, 5.74) is 0.541. The van der Waals surface area contributed by atoms with Gasteiger partial charge in [0.1, 0.15) is 12.2 Å². The van der Waals surface area contributed by atoms with Gasteiger partial charge in [-0.3, -0.25) is 0 Å². The van der Waals surface area contributed by atoms with Crippen molar-refractivity contribution in [3.8, 4) is 17.5 Å². The third-order valence-electron chi connectivity index (χ3n) is 1.88. The fraction of sp³-hybridized carbons (Fsp3) is 0.100. The van der Waals surface area contributed by atoms with Crippen LogP contribution >= 0.6 is 11.6 Å². The molecule has 0 spiro atoms. The minimum Gasteiger partial charge on any atom is -0.338 e. The van der Waals surface area contributed by atoms with E-state index in [0.717, 1.165) is 0 Å². The van der Waals surface area contributed by atoms with Crippen LogP contribution in [0.1, 0.15) is 5.89 Å². The summed E-state index contributed by atoms with van der Waals surface area (Å²) in [6.45, 7) is 0. The van der Waals surface area contributed by atoms with Crippen molar-refractivity contribution in [2.45, 2.75) is 6.42 Å². The number of nitriles is 1. The van der Waals surface area contributed by atoms with Crippen molar-refractivity contribution in [3.05, 3.63) is 34.9 Å². The van der Waals surface area contributed by atoms with E-state index < -0.39 is 5.82 Å². The summed E-state index contributed by atoms with van der Waals surface area (Å²) in [5.74, 6) is -0.00347. The molecule has 0 saturated carbocycles. The lowest BCUT2D eigenvalue weighted by molar-refractivity contribution is 0.388. The van der Waals surface area contributed by atoms with Crippen LogP contribution in [0.15, 0.2) is 22.7 Å². The van der Waals surface area contributed by atoms with E-state index in [1.165, 1.54) is 18.2 Å². The van der Waals surface area contributed by atoms with Crippen LogP contribution < -0.4 is 0 Å². The third kappa shape index (κ3) is 2.02. The Bertz CT molecular complexity index is 561. The largest absolute Gasteiger partial charge is 0.338 e. The quantitative estimate of drug-likeness (QED) is 0.805. The second kappa shape index (κ2) is 4.29. The summed E-state index contributed by atoms with van der Waals surface area (Å²) in [6, 6.07) is 6.00. The Labute approximate surface area is 95.3 Å². The first-order valence-electron chi connectivity index (χ1n) is 4.35. The zero-order valence-electron chi connectivity index (χ0n) is 7.94. The molecule has 1 aromatic heterocycles. The van der Waals surface area contributed by atoms with Crippen molar-refractivity contribution in [3.63, 3.8) is 0 Å². The van der Waals surface area contributed by atoms with E-state index in [-0.39, 0.29) is 23.2 Å². The van der Waals surface area contributed by atoms with Crippen LogP contribution in [0, 0.1) is 17.1 Å². The van der Waals surface area contributed by atoms with Gasteiger partial charge >= 0.3 is 0 Å². The van der Waals surface area contributed by atoms with Crippen molar-refractivity contribution >= 4 is 11.6 Å². The first-order chi connectivity index (χ1) is 7.70. The fourth-order valence-corrected chi connectivity index (χ4v) is 1.33. The lowest BCUT2D eigenvalue weighted by Gasteiger charge is -1.96. The van der Waals surface area contributed by atoms with E-state index >= 15 is 0 Å². The average molecular weight is 238 g/mol. The minimum absolute atomic E-state index is 0.0101. The molecule has 2 rings (SSSR count). The van der Waals surface area contributed by atoms with Gasteiger partial charge in [0.15, 0.2) is 0 Å². The van der Waals surface area contributed by atoms with E-state index in [0.29, 0.717) is 5.56 Å². The van der Waals surface area contributed by atoms with Gasteiger partial charge in [0.05, 0.1) is 11.1 Å². The summed E-state index contributed by atoms with van der Waals surface area (Å²) in [6.07, 6.45) is 0.0436. The highest BCUT2D eigenvalue weighted by atomic mass is 35.5. The van der Waals surface area contributed by atoms with Gasteiger partial charge in [-0.1, -0.05) is 16.8 Å². The number of hydrogen-bond acceptors (Lipinski definition) is 4. The number of rotatable bonds is 2. The summed E-state index contributed by atoms with van der Waals surface area (Å²) in [7, 11) is 0. The Balaban J connectivity index is 2.36. The molecule has 80 valence electrons. The topological polar surface area (TPSA) is 62.7 Å². The van der Waals surface area contributed by atoms with E-state index in [1.54, 1.807) is 0 Å². The van der Waals surface area contributed by atoms with Gasteiger partial charge in [-0.15, -0.1) is 0 Å². The van der Waals surface area contributed by atoms with E-state index in [1.807, 2.05) is 6.07 Å². The number of nitrogens with zero attached hydrogens (tertiary/aromatic N) is 3. The van der Waals surface area contributed by atoms with Crippen LogP contribution in [0.3, 0.4) is 0 Å². The van der Waals surface area contributed by atoms with Crippen LogP contribution in [0.4, 0.5) is 4.39 Å². The van der Waals surface area contributed by atoms with Gasteiger partial charge in [0.25, 0.3) is 0 Å². The molecule has 1 aromatic carbocycles. The van der Waals surface area contributed by atoms with E-state index in [4.69, 9.17) is 21.4 Å². The highest BCUT2D eigenvalue weighted by Gasteiger charge is 2.10. The Morgan fingerprint density at radius 1 is 1.50 bits per heavy atom. The first-order valence-corrected chi connectivity index (χ1v) is 4.73. The zero-order valence-corrected chi connectivity index (χ0v) is 8.70. The number of halogens is 2. The molecule has 0 atom stereocenters. The molecule has 0 amide bonds. The minimum atomic E-state index is -0.508. The molecule has 16 heavy (non-hydrogen) atoms. The van der Waals surface area contributed by atoms with Crippen molar-refractivity contribution in [1.82, 2.24) is 10.1 Å². The summed E-state index contributed by atoms with van der Waals surface area (Å²) in [4.78, 5) is 3.96. The monoisotopic (exact) mass is 237 g/mol. The lowest BCUT2D eigenvalue weighted by Crippen LogP contribution is -1.84. The molecule has 0 unspecified atom stereocenters. The van der Waals surface area contributed by atoms with Gasteiger partial charge in [-0.05, 0) is 18.2 Å². The van der Waals surface area contributed by atoms with Gasteiger partial charge in [-0.2, -0.15) is 10.2 Å². The molecule has 2 aromatic rings. The Kier molecular flexibility index (Phi) is 2.84. The van der Waals surface area contributed by atoms with E-state index in [9.17, 15) is 4.39 Å². The Hall–Kier alpha value is -1.93. The van der Waals surface area contributed by atoms with Crippen molar-refractivity contribution < 1.29 is 8.91 Å². The first kappa shape index (κ1) is 10.6. The van der Waals surface area contributed by atoms with Crippen molar-refractivity contribution in [2.24, 2.45) is 0 Å². The van der Waals surface area contributed by atoms with Crippen LogP contribution in [-0.4, -0.2) is 10.1 Å². The maximum atomic E-state index is 12.9. The second-order valence-electron chi connectivity index (χ2n) is 2.98. The highest BCUT2D eigenvalue weighted by molar-refractivity contribution is 6.31. The van der Waals surface area contributed by atoms with Crippen LogP contribution in [0.2, 0.25) is 5.02 Å². The van der Waals surface area contributed by atoms with Gasteiger partial charge in [-0.25, -0.2) is 4.39 Å². The van der Waals surface area contributed by atoms with Crippen LogP contribution in [0.25, 0.3) is 11.4 Å². The smallest absolute Gasteiger partial charge is 0.241 e. The molecule has 1 heterocycles. The summed E-state index contributed by atoms with van der Waals surface area (Å²) < 4.78 is 17.7. The van der Waals surface area contributed by atoms with Gasteiger partial charge in [0.2, 0.25) is 11.7 Å². The SMILES string of the molecule is N#CCc1nc(-c2ccc(F)c(Cl)c2)no1. The molecular weight excluding hydrogens is 233 g/mol. The normalized spacial score (nSPS) is 10.1. The average Bonchev–Trinajstić information content (AvgIpc) is 2.71. The molecular formula is C10H5ClFN3O. The van der Waals surface area contributed by atoms with Crippen LogP contribution in [-0.2, 0) is 6.42 Å². The van der Waals surface area contributed by atoms with Crippen LogP contribution in [0.5, 0.6) is 0 Å². The number of benzene rings is 1. The maximum absolute atomic E-state index is 12.9. The van der Waals surface area contributed by atoms with Gasteiger partial charge < -0.3 is 4.52 Å². The van der Waals surface area contributed by atoms with Gasteiger partial charge in [0, 0.05) is 5.56 Å². The second-order valence-corrected chi connectivity index (χ2v) is 3.38. The lowest BCUT2D eigenvalue weighted by atomic mass is 10.2. The molecule has 0 bridgehead atoms. The number of aromatic nitrogens is 2. The molecule has 0 aliphatic rings. The Morgan fingerprint density at radius 2 is 2.31 bits per heavy atom. The summed E-state index contributed by atoms with van der Waals surface area (Å²) >= 11 is 5.62. The zero-order chi connectivity index (χ0) is 11.5. The molecule has 0 saturated heterocycles.